The number of nitrogens with one attached hydrogen (secondary N) is 2. The van der Waals surface area contributed by atoms with Crippen molar-refractivity contribution in [1.82, 2.24) is 4.90 Å². The molecule has 0 aliphatic carbocycles. The Morgan fingerprint density at radius 3 is 2.25 bits per heavy atom. The average molecular weight is 512 g/mol. The molecule has 1 aliphatic heterocycles. The number of likely N-dealkylation sites (tertiary alicyclic amines) is 1. The number of nitrogen functional groups attached to an aromatic ring is 1. The minimum atomic E-state index is -3.69. The molecule has 1 fully saturated rings. The van der Waals surface area contributed by atoms with Crippen LogP contribution in [0.25, 0.3) is 10.8 Å². The monoisotopic (exact) mass is 511 g/mol. The van der Waals surface area contributed by atoms with Crippen LogP contribution in [0, 0.1) is 10.8 Å². The van der Waals surface area contributed by atoms with E-state index in [-0.39, 0.29) is 17.9 Å². The van der Waals surface area contributed by atoms with Crippen molar-refractivity contribution in [2.45, 2.75) is 18.4 Å². The third-order valence-electron chi connectivity index (χ3n) is 6.12. The van der Waals surface area contributed by atoms with Gasteiger partial charge in [-0.1, -0.05) is 30.3 Å². The second kappa shape index (κ2) is 10.6. The third-order valence-corrected chi connectivity index (χ3v) is 8.12. The number of hydrogen-bond acceptors (Lipinski definition) is 7. The van der Waals surface area contributed by atoms with Gasteiger partial charge in [0.2, 0.25) is 5.85 Å². The van der Waals surface area contributed by atoms with Crippen molar-refractivity contribution in [1.29, 1.82) is 10.8 Å². The summed E-state index contributed by atoms with van der Waals surface area (Å²) in [6.07, 6.45) is 0.691. The fourth-order valence-corrected chi connectivity index (χ4v) is 5.44. The van der Waals surface area contributed by atoms with Crippen LogP contribution < -0.4 is 20.9 Å². The van der Waals surface area contributed by atoms with E-state index in [4.69, 9.17) is 40.8 Å². The van der Waals surface area contributed by atoms with Gasteiger partial charge in [0.25, 0.3) is 0 Å². The lowest BCUT2D eigenvalue weighted by molar-refractivity contribution is 0.191. The Balaban J connectivity index is 1.58. The number of nitrogens with two attached hydrogens (primary N) is 2. The number of benzene rings is 3. The number of hydrogen-bond donors (Lipinski definition) is 4. The standard InChI is InChI=1S/C25H30N5O5P/c1-32-36(31,33-2)24(35-21-10-5-16-3-4-18(23(26)27)13-19(16)14-21)17-6-8-20(9-7-17)34-22-11-12-30(15-22)25(28)29/h3-10,13-14,22,24H,11-12,15H2,1-2H3,(H3,26,27)(H3,28,29). The molecule has 11 heteroatoms. The molecule has 1 heterocycles. The summed E-state index contributed by atoms with van der Waals surface area (Å²) in [4.78, 5) is 1.76. The van der Waals surface area contributed by atoms with Crippen LogP contribution in [-0.4, -0.2) is 50.1 Å². The predicted molar refractivity (Wildman–Crippen MR) is 139 cm³/mol. The van der Waals surface area contributed by atoms with Crippen molar-refractivity contribution in [3.8, 4) is 11.5 Å². The van der Waals surface area contributed by atoms with E-state index in [0.29, 0.717) is 35.7 Å². The van der Waals surface area contributed by atoms with E-state index >= 15 is 0 Å². The largest absolute Gasteiger partial charge is 0.489 e. The zero-order valence-electron chi connectivity index (χ0n) is 20.1. The maximum atomic E-state index is 13.4. The molecule has 0 bridgehead atoms. The quantitative estimate of drug-likeness (QED) is 0.190. The number of nitrogens with zero attached hydrogens (tertiary/aromatic N) is 1. The summed E-state index contributed by atoms with van der Waals surface area (Å²) in [5, 5.41) is 17.0. The number of fused-ring (bicyclic) bond motifs is 1. The molecule has 2 unspecified atom stereocenters. The molecule has 4 rings (SSSR count). The lowest BCUT2D eigenvalue weighted by Gasteiger charge is -2.26. The average Bonchev–Trinajstić information content (AvgIpc) is 3.36. The molecule has 1 aliphatic rings. The van der Waals surface area contributed by atoms with Crippen LogP contribution in [0.4, 0.5) is 0 Å². The smallest absolute Gasteiger partial charge is 0.374 e. The van der Waals surface area contributed by atoms with E-state index < -0.39 is 13.4 Å². The van der Waals surface area contributed by atoms with Crippen molar-refractivity contribution in [3.05, 3.63) is 71.8 Å². The highest BCUT2D eigenvalue weighted by molar-refractivity contribution is 7.54. The van der Waals surface area contributed by atoms with Crippen LogP contribution in [0.3, 0.4) is 0 Å². The van der Waals surface area contributed by atoms with E-state index in [0.717, 1.165) is 17.2 Å². The topological polar surface area (TPSA) is 157 Å². The van der Waals surface area contributed by atoms with Crippen LogP contribution in [0.2, 0.25) is 0 Å². The molecule has 0 spiro atoms. The molecule has 0 radical (unpaired) electrons. The number of amidine groups is 1. The second-order valence-corrected chi connectivity index (χ2v) is 10.7. The van der Waals surface area contributed by atoms with Gasteiger partial charge in [0.05, 0.1) is 6.54 Å². The van der Waals surface area contributed by atoms with Crippen LogP contribution in [0.15, 0.2) is 60.7 Å². The summed E-state index contributed by atoms with van der Waals surface area (Å²) in [6, 6.07) is 18.0. The molecule has 190 valence electrons. The van der Waals surface area contributed by atoms with E-state index in [1.54, 1.807) is 53.4 Å². The minimum absolute atomic E-state index is 0.0294. The maximum absolute atomic E-state index is 13.4. The van der Waals surface area contributed by atoms with E-state index in [2.05, 4.69) is 0 Å². The van der Waals surface area contributed by atoms with Crippen molar-refractivity contribution < 1.29 is 23.1 Å². The van der Waals surface area contributed by atoms with Crippen molar-refractivity contribution in [3.63, 3.8) is 0 Å². The summed E-state index contributed by atoms with van der Waals surface area (Å²) in [7, 11) is -1.05. The summed E-state index contributed by atoms with van der Waals surface area (Å²) in [6.45, 7) is 1.23. The number of ether oxygens (including phenoxy) is 2. The van der Waals surface area contributed by atoms with Crippen LogP contribution in [-0.2, 0) is 13.6 Å². The van der Waals surface area contributed by atoms with Crippen molar-refractivity contribution >= 4 is 30.2 Å². The SMILES string of the molecule is COP(=O)(OC)C(Oc1ccc2ccc(C(=N)N)cc2c1)c1ccc(OC2CCN(C(=N)N)C2)cc1. The Kier molecular flexibility index (Phi) is 7.49. The highest BCUT2D eigenvalue weighted by atomic mass is 31.2. The van der Waals surface area contributed by atoms with Crippen LogP contribution in [0.5, 0.6) is 11.5 Å². The molecular formula is C25H30N5O5P. The Hall–Kier alpha value is -3.59. The Labute approximate surface area is 209 Å². The highest BCUT2D eigenvalue weighted by Crippen LogP contribution is 2.60. The minimum Gasteiger partial charge on any atom is -0.489 e. The molecule has 3 aromatic carbocycles. The fraction of sp³-hybridized carbons (Fsp3) is 0.280. The predicted octanol–water partition coefficient (Wildman–Crippen LogP) is 4.03. The van der Waals surface area contributed by atoms with Crippen molar-refractivity contribution in [2.24, 2.45) is 11.5 Å². The Morgan fingerprint density at radius 1 is 0.972 bits per heavy atom. The van der Waals surface area contributed by atoms with Gasteiger partial charge < -0.3 is 34.9 Å². The first kappa shape index (κ1) is 25.5. The zero-order valence-corrected chi connectivity index (χ0v) is 21.0. The van der Waals surface area contributed by atoms with Gasteiger partial charge in [-0.15, -0.1) is 0 Å². The van der Waals surface area contributed by atoms with E-state index in [9.17, 15) is 4.57 Å². The molecule has 2 atom stereocenters. The van der Waals surface area contributed by atoms with Gasteiger partial charge in [-0.05, 0) is 41.1 Å². The summed E-state index contributed by atoms with van der Waals surface area (Å²) in [5.41, 5.74) is 12.4. The zero-order chi connectivity index (χ0) is 25.9. The maximum Gasteiger partial charge on any atom is 0.374 e. The van der Waals surface area contributed by atoms with Gasteiger partial charge in [-0.2, -0.15) is 0 Å². The van der Waals surface area contributed by atoms with E-state index in [1.165, 1.54) is 14.2 Å². The number of rotatable bonds is 9. The molecule has 0 aromatic heterocycles. The molecule has 0 amide bonds. The molecule has 10 nitrogen and oxygen atoms in total. The Morgan fingerprint density at radius 2 is 1.64 bits per heavy atom. The van der Waals surface area contributed by atoms with Crippen LogP contribution in [0.1, 0.15) is 23.4 Å². The Bertz CT molecular complexity index is 1310. The molecule has 6 N–H and O–H groups in total. The normalized spacial score (nSPS) is 16.6. The van der Waals surface area contributed by atoms with Gasteiger partial charge in [0.1, 0.15) is 23.4 Å². The molecular weight excluding hydrogens is 481 g/mol. The first-order valence-electron chi connectivity index (χ1n) is 11.3. The molecule has 0 saturated carbocycles. The lowest BCUT2D eigenvalue weighted by Crippen LogP contribution is -2.35. The fourth-order valence-electron chi connectivity index (χ4n) is 4.12. The van der Waals surface area contributed by atoms with Gasteiger partial charge in [-0.3, -0.25) is 15.4 Å². The van der Waals surface area contributed by atoms with Crippen molar-refractivity contribution in [2.75, 3.05) is 27.3 Å². The highest BCUT2D eigenvalue weighted by Gasteiger charge is 2.38. The summed E-state index contributed by atoms with van der Waals surface area (Å²) in [5.74, 6) is 0.0728. The molecule has 36 heavy (non-hydrogen) atoms. The first-order valence-corrected chi connectivity index (χ1v) is 12.9. The lowest BCUT2D eigenvalue weighted by atomic mass is 10.1. The summed E-state index contributed by atoms with van der Waals surface area (Å²) < 4.78 is 36.2. The summed E-state index contributed by atoms with van der Waals surface area (Å²) >= 11 is 0. The molecule has 3 aromatic rings. The van der Waals surface area contributed by atoms with Gasteiger partial charge in [0.15, 0.2) is 5.96 Å². The molecule has 1 saturated heterocycles. The van der Waals surface area contributed by atoms with Gasteiger partial charge in [0, 0.05) is 38.3 Å². The third kappa shape index (κ3) is 5.46. The van der Waals surface area contributed by atoms with Gasteiger partial charge in [-0.25, -0.2) is 0 Å². The number of guanidine groups is 1. The van der Waals surface area contributed by atoms with E-state index in [1.807, 2.05) is 12.1 Å². The first-order chi connectivity index (χ1) is 17.2. The van der Waals surface area contributed by atoms with Crippen LogP contribution >= 0.6 is 7.60 Å². The van der Waals surface area contributed by atoms with Gasteiger partial charge >= 0.3 is 7.60 Å². The second-order valence-electron chi connectivity index (χ2n) is 8.44.